The van der Waals surface area contributed by atoms with Gasteiger partial charge in [-0.25, -0.2) is 0 Å². The van der Waals surface area contributed by atoms with Crippen molar-refractivity contribution in [1.82, 2.24) is 9.88 Å². The number of halogens is 1. The lowest BCUT2D eigenvalue weighted by molar-refractivity contribution is 0.0918. The molecule has 2 aliphatic carbocycles. The van der Waals surface area contributed by atoms with E-state index in [0.717, 1.165) is 28.3 Å². The molecule has 0 aromatic carbocycles. The van der Waals surface area contributed by atoms with Crippen molar-refractivity contribution in [2.45, 2.75) is 55.9 Å². The predicted octanol–water partition coefficient (Wildman–Crippen LogP) is 3.99. The monoisotopic (exact) mass is 356 g/mol. The summed E-state index contributed by atoms with van der Waals surface area (Å²) in [5, 5.41) is 4.01. The van der Waals surface area contributed by atoms with Gasteiger partial charge in [0.1, 0.15) is 5.69 Å². The Balaban J connectivity index is 1.62. The molecule has 0 radical (unpaired) electrons. The summed E-state index contributed by atoms with van der Waals surface area (Å²) < 4.78 is 3.13. The van der Waals surface area contributed by atoms with Crippen LogP contribution in [0.1, 0.15) is 55.1 Å². The van der Waals surface area contributed by atoms with Crippen LogP contribution < -0.4 is 5.32 Å². The number of carbonyl (C=O) groups is 1. The van der Waals surface area contributed by atoms with E-state index in [-0.39, 0.29) is 5.91 Å². The fourth-order valence-corrected chi connectivity index (χ4v) is 4.17. The van der Waals surface area contributed by atoms with Crippen LogP contribution in [0.25, 0.3) is 0 Å². The summed E-state index contributed by atoms with van der Waals surface area (Å²) in [5.41, 5.74) is 0.811. The number of nitrogens with zero attached hydrogens (tertiary/aromatic N) is 1. The molecular weight excluding hydrogens is 336 g/mol. The summed E-state index contributed by atoms with van der Waals surface area (Å²) in [7, 11) is 0. The van der Waals surface area contributed by atoms with Gasteiger partial charge < -0.3 is 9.88 Å². The Bertz CT molecular complexity index is 490. The first-order valence-corrected chi connectivity index (χ1v) is 9.46. The largest absolute Gasteiger partial charge is 0.348 e. The molecular formula is C15H21BrN2OS. The molecule has 0 unspecified atom stereocenters. The molecule has 2 saturated carbocycles. The van der Waals surface area contributed by atoms with Gasteiger partial charge in [-0.15, -0.1) is 0 Å². The molecule has 1 amide bonds. The van der Waals surface area contributed by atoms with Gasteiger partial charge in [0.15, 0.2) is 0 Å². The molecule has 110 valence electrons. The van der Waals surface area contributed by atoms with Gasteiger partial charge in [0.2, 0.25) is 0 Å². The number of aromatic nitrogens is 1. The highest BCUT2D eigenvalue weighted by molar-refractivity contribution is 9.10. The van der Waals surface area contributed by atoms with Crippen LogP contribution in [-0.2, 0) is 0 Å². The summed E-state index contributed by atoms with van der Waals surface area (Å²) in [4.78, 5) is 12.5. The number of hydrogen-bond acceptors (Lipinski definition) is 2. The van der Waals surface area contributed by atoms with E-state index in [0.29, 0.717) is 12.1 Å². The Kier molecular flexibility index (Phi) is 4.46. The zero-order chi connectivity index (χ0) is 14.1. The van der Waals surface area contributed by atoms with E-state index in [9.17, 15) is 4.79 Å². The number of nitrogens with one attached hydrogen (secondary N) is 1. The normalized spacial score (nSPS) is 26.5. The zero-order valence-electron chi connectivity index (χ0n) is 11.8. The van der Waals surface area contributed by atoms with E-state index in [1.165, 1.54) is 25.7 Å². The lowest BCUT2D eigenvalue weighted by Gasteiger charge is -2.28. The molecule has 2 aliphatic rings. The van der Waals surface area contributed by atoms with Crippen molar-refractivity contribution in [1.29, 1.82) is 0 Å². The van der Waals surface area contributed by atoms with Crippen molar-refractivity contribution < 1.29 is 4.79 Å². The SMILES string of the molecule is CSC1CCC(NC(=O)c2cc(Br)cn2C2CC2)CC1. The standard InChI is InChI=1S/C15H21BrN2OS/c1-20-13-6-2-11(3-7-13)17-15(19)14-8-10(16)9-18(14)12-4-5-12/h8-9,11-13H,2-7H2,1H3,(H,17,19). The van der Waals surface area contributed by atoms with Crippen LogP contribution in [0.5, 0.6) is 0 Å². The number of thioether (sulfide) groups is 1. The lowest BCUT2D eigenvalue weighted by Crippen LogP contribution is -2.38. The van der Waals surface area contributed by atoms with Gasteiger partial charge >= 0.3 is 0 Å². The van der Waals surface area contributed by atoms with Crippen LogP contribution in [0, 0.1) is 0 Å². The third-order valence-corrected chi connectivity index (χ3v) is 5.90. The molecule has 0 spiro atoms. The van der Waals surface area contributed by atoms with Gasteiger partial charge in [-0.05, 0) is 66.8 Å². The van der Waals surface area contributed by atoms with Crippen molar-refractivity contribution in [2.75, 3.05) is 6.26 Å². The molecule has 20 heavy (non-hydrogen) atoms. The first-order valence-electron chi connectivity index (χ1n) is 7.38. The molecule has 3 rings (SSSR count). The molecule has 0 aliphatic heterocycles. The van der Waals surface area contributed by atoms with Gasteiger partial charge in [-0.1, -0.05) is 0 Å². The van der Waals surface area contributed by atoms with E-state index in [1.54, 1.807) is 0 Å². The Morgan fingerprint density at radius 3 is 2.60 bits per heavy atom. The first-order chi connectivity index (χ1) is 9.67. The van der Waals surface area contributed by atoms with Gasteiger partial charge in [-0.2, -0.15) is 11.8 Å². The van der Waals surface area contributed by atoms with Crippen molar-refractivity contribution in [3.05, 3.63) is 22.4 Å². The van der Waals surface area contributed by atoms with Crippen LogP contribution >= 0.6 is 27.7 Å². The highest BCUT2D eigenvalue weighted by atomic mass is 79.9. The van der Waals surface area contributed by atoms with Crippen LogP contribution in [0.3, 0.4) is 0 Å². The van der Waals surface area contributed by atoms with Crippen LogP contribution in [0.4, 0.5) is 0 Å². The van der Waals surface area contributed by atoms with Crippen LogP contribution in [0.2, 0.25) is 0 Å². The highest BCUT2D eigenvalue weighted by Gasteiger charge is 2.29. The molecule has 2 fully saturated rings. The van der Waals surface area contributed by atoms with Gasteiger partial charge in [-0.3, -0.25) is 4.79 Å². The van der Waals surface area contributed by atoms with Gasteiger partial charge in [0, 0.05) is 28.0 Å². The van der Waals surface area contributed by atoms with E-state index in [2.05, 4.69) is 32.1 Å². The molecule has 1 N–H and O–H groups in total. The summed E-state index contributed by atoms with van der Waals surface area (Å²) in [6.45, 7) is 0. The molecule has 0 bridgehead atoms. The van der Waals surface area contributed by atoms with E-state index < -0.39 is 0 Å². The quantitative estimate of drug-likeness (QED) is 0.884. The molecule has 0 saturated heterocycles. The minimum atomic E-state index is 0.0928. The molecule has 1 heterocycles. The Morgan fingerprint density at radius 1 is 1.30 bits per heavy atom. The summed E-state index contributed by atoms with van der Waals surface area (Å²) >= 11 is 5.44. The minimum absolute atomic E-state index is 0.0928. The van der Waals surface area contributed by atoms with Crippen molar-refractivity contribution >= 4 is 33.6 Å². The third kappa shape index (κ3) is 3.25. The Hall–Kier alpha value is -0.420. The average Bonchev–Trinajstić information content (AvgIpc) is 3.22. The number of carbonyl (C=O) groups excluding carboxylic acids is 1. The average molecular weight is 357 g/mol. The van der Waals surface area contributed by atoms with Gasteiger partial charge in [0.05, 0.1) is 0 Å². The summed E-state index contributed by atoms with van der Waals surface area (Å²) in [6.07, 6.45) is 11.3. The summed E-state index contributed by atoms with van der Waals surface area (Å²) in [5.74, 6) is 0.0928. The minimum Gasteiger partial charge on any atom is -0.348 e. The molecule has 1 aromatic heterocycles. The van der Waals surface area contributed by atoms with Gasteiger partial charge in [0.25, 0.3) is 5.91 Å². The first kappa shape index (κ1) is 14.5. The van der Waals surface area contributed by atoms with Crippen molar-refractivity contribution in [2.24, 2.45) is 0 Å². The maximum atomic E-state index is 12.5. The zero-order valence-corrected chi connectivity index (χ0v) is 14.2. The number of rotatable bonds is 4. The van der Waals surface area contributed by atoms with Crippen LogP contribution in [0.15, 0.2) is 16.7 Å². The second kappa shape index (κ2) is 6.14. The van der Waals surface area contributed by atoms with Crippen molar-refractivity contribution in [3.63, 3.8) is 0 Å². The Labute approximate surface area is 133 Å². The summed E-state index contributed by atoms with van der Waals surface area (Å²) in [6, 6.07) is 2.84. The topological polar surface area (TPSA) is 34.0 Å². The second-order valence-corrected chi connectivity index (χ2v) is 7.92. The van der Waals surface area contributed by atoms with Crippen molar-refractivity contribution in [3.8, 4) is 0 Å². The number of amides is 1. The van der Waals surface area contributed by atoms with Crippen LogP contribution in [-0.4, -0.2) is 28.0 Å². The number of hydrogen-bond donors (Lipinski definition) is 1. The highest BCUT2D eigenvalue weighted by Crippen LogP contribution is 2.37. The molecule has 3 nitrogen and oxygen atoms in total. The van der Waals surface area contributed by atoms with E-state index in [1.807, 2.05) is 24.0 Å². The third-order valence-electron chi connectivity index (χ3n) is 4.33. The molecule has 0 atom stereocenters. The maximum absolute atomic E-state index is 12.5. The second-order valence-electron chi connectivity index (χ2n) is 5.86. The van der Waals surface area contributed by atoms with E-state index >= 15 is 0 Å². The van der Waals surface area contributed by atoms with E-state index in [4.69, 9.17) is 0 Å². The predicted molar refractivity (Wildman–Crippen MR) is 87.4 cm³/mol. The smallest absolute Gasteiger partial charge is 0.268 e. The maximum Gasteiger partial charge on any atom is 0.268 e. The molecule has 5 heteroatoms. The lowest BCUT2D eigenvalue weighted by atomic mass is 9.95. The fraction of sp³-hybridized carbons (Fsp3) is 0.667. The Morgan fingerprint density at radius 2 is 2.00 bits per heavy atom. The fourth-order valence-electron chi connectivity index (χ4n) is 2.98. The molecule has 1 aromatic rings.